The van der Waals surface area contributed by atoms with Crippen molar-refractivity contribution >= 4 is 30.7 Å². The first kappa shape index (κ1) is 20.2. The molecule has 0 atom stereocenters. The van der Waals surface area contributed by atoms with Crippen LogP contribution in [0.5, 0.6) is 0 Å². The lowest BCUT2D eigenvalue weighted by Gasteiger charge is -2.17. The first-order valence-electron chi connectivity index (χ1n) is 8.60. The molecule has 0 radical (unpaired) electrons. The van der Waals surface area contributed by atoms with E-state index in [0.29, 0.717) is 10.6 Å². The molecule has 0 saturated carbocycles. The van der Waals surface area contributed by atoms with E-state index in [-0.39, 0.29) is 0 Å². The molecule has 0 spiro atoms. The van der Waals surface area contributed by atoms with Gasteiger partial charge in [-0.1, -0.05) is 93.0 Å². The van der Waals surface area contributed by atoms with Gasteiger partial charge >= 0.3 is 8.68 Å². The largest absolute Gasteiger partial charge is 0.376 e. The van der Waals surface area contributed by atoms with Crippen molar-refractivity contribution in [2.45, 2.75) is 27.2 Å². The van der Waals surface area contributed by atoms with Crippen LogP contribution in [-0.2, 0) is 10.9 Å². The Bertz CT molecular complexity index is 788. The molecule has 4 heteroatoms. The topological polar surface area (TPSA) is 30.0 Å². The summed E-state index contributed by atoms with van der Waals surface area (Å²) in [5, 5.41) is 2.42. The van der Waals surface area contributed by atoms with E-state index < -0.39 is 8.68 Å². The summed E-state index contributed by atoms with van der Waals surface area (Å²) in [6, 6.07) is 23.1. The van der Waals surface area contributed by atoms with Crippen LogP contribution in [0, 0.1) is 5.41 Å². The Morgan fingerprint density at radius 2 is 1.38 bits per heavy atom. The molecule has 2 nitrogen and oxygen atoms in total. The molecule has 3 rings (SSSR count). The second kappa shape index (κ2) is 9.55. The monoisotopic (exact) mass is 381 g/mol. The van der Waals surface area contributed by atoms with Crippen LogP contribution >= 0.6 is 11.6 Å². The Kier molecular flexibility index (Phi) is 7.43. The number of rotatable bonds is 3. The van der Waals surface area contributed by atoms with Crippen molar-refractivity contribution in [2.75, 3.05) is 0 Å². The fourth-order valence-electron chi connectivity index (χ4n) is 2.51. The molecule has 3 aromatic rings. The Hall–Kier alpha value is -2.10. The fraction of sp³-hybridized carbons (Fsp3) is 0.227. The van der Waals surface area contributed by atoms with Gasteiger partial charge in [-0.2, -0.15) is 0 Å². The van der Waals surface area contributed by atoms with Crippen molar-refractivity contribution in [1.29, 1.82) is 0 Å². The van der Waals surface area contributed by atoms with Crippen LogP contribution in [0.15, 0.2) is 79.0 Å². The number of aromatic nitrogens is 1. The lowest BCUT2D eigenvalue weighted by atomic mass is 9.89. The third-order valence-electron chi connectivity index (χ3n) is 3.60. The summed E-state index contributed by atoms with van der Waals surface area (Å²) in [5.74, 6) is 0. The van der Waals surface area contributed by atoms with Crippen molar-refractivity contribution in [3.63, 3.8) is 0 Å². The normalized spacial score (nSPS) is 10.6. The molecule has 1 aromatic heterocycles. The van der Waals surface area contributed by atoms with Gasteiger partial charge in [0.05, 0.1) is 0 Å². The van der Waals surface area contributed by atoms with Crippen molar-refractivity contribution in [3.8, 4) is 0 Å². The standard InChI is InChI=1S/C12H10OSi.C10H14ClN/c13-14(11-7-3-1-4-8-11)12-9-5-2-6-10-12;1-10(2,3)7-8-4-5-12-9(11)6-8/h1-10H;4-6H,7H2,1-3H3. The smallest absolute Gasteiger partial charge is 0.346 e. The highest BCUT2D eigenvalue weighted by molar-refractivity contribution is 6.72. The molecule has 0 bridgehead atoms. The first-order chi connectivity index (χ1) is 12.3. The van der Waals surface area contributed by atoms with E-state index in [1.807, 2.05) is 72.8 Å². The van der Waals surface area contributed by atoms with Gasteiger partial charge in [-0.25, -0.2) is 4.98 Å². The summed E-state index contributed by atoms with van der Waals surface area (Å²) in [4.78, 5) is 3.94. The SMILES string of the molecule is CC(C)(C)Cc1ccnc(Cl)c1.O=[Si](c1ccccc1)c1ccccc1. The van der Waals surface area contributed by atoms with Crippen LogP contribution in [-0.4, -0.2) is 13.7 Å². The molecule has 0 unspecified atom stereocenters. The minimum Gasteiger partial charge on any atom is -0.376 e. The highest BCUT2D eigenvalue weighted by Gasteiger charge is 2.11. The van der Waals surface area contributed by atoms with Crippen LogP contribution in [0.1, 0.15) is 26.3 Å². The average molecular weight is 382 g/mol. The average Bonchev–Trinajstić information content (AvgIpc) is 2.62. The number of benzene rings is 2. The van der Waals surface area contributed by atoms with E-state index in [2.05, 4.69) is 25.8 Å². The quantitative estimate of drug-likeness (QED) is 0.492. The van der Waals surface area contributed by atoms with Gasteiger partial charge in [0.15, 0.2) is 0 Å². The molecule has 1 heterocycles. The Morgan fingerprint density at radius 1 is 0.885 bits per heavy atom. The zero-order valence-electron chi connectivity index (χ0n) is 15.4. The van der Waals surface area contributed by atoms with Gasteiger partial charge in [0, 0.05) is 16.6 Å². The number of pyridine rings is 1. The van der Waals surface area contributed by atoms with Gasteiger partial charge in [0.1, 0.15) is 5.15 Å². The summed E-state index contributed by atoms with van der Waals surface area (Å²) in [5.41, 5.74) is 1.56. The molecule has 0 aliphatic heterocycles. The first-order valence-corrected chi connectivity index (χ1v) is 10.4. The maximum Gasteiger partial charge on any atom is 0.346 e. The zero-order valence-corrected chi connectivity index (χ0v) is 17.2. The molecular weight excluding hydrogens is 358 g/mol. The van der Waals surface area contributed by atoms with E-state index >= 15 is 0 Å². The van der Waals surface area contributed by atoms with E-state index in [9.17, 15) is 4.46 Å². The van der Waals surface area contributed by atoms with Gasteiger partial charge in [-0.15, -0.1) is 0 Å². The van der Waals surface area contributed by atoms with E-state index in [1.165, 1.54) is 5.56 Å². The van der Waals surface area contributed by atoms with E-state index in [0.717, 1.165) is 16.8 Å². The van der Waals surface area contributed by atoms with Crippen LogP contribution in [0.3, 0.4) is 0 Å². The van der Waals surface area contributed by atoms with Gasteiger partial charge < -0.3 is 4.46 Å². The predicted octanol–water partition coefficient (Wildman–Crippen LogP) is 4.55. The van der Waals surface area contributed by atoms with Crippen LogP contribution < -0.4 is 10.4 Å². The third kappa shape index (κ3) is 7.02. The van der Waals surface area contributed by atoms with Crippen LogP contribution in [0.2, 0.25) is 5.15 Å². The molecule has 2 aromatic carbocycles. The summed E-state index contributed by atoms with van der Waals surface area (Å²) < 4.78 is 12.0. The molecular formula is C22H24ClNOSi. The second-order valence-corrected chi connectivity index (χ2v) is 9.49. The summed E-state index contributed by atoms with van der Waals surface area (Å²) in [6.45, 7) is 6.63. The predicted molar refractivity (Wildman–Crippen MR) is 111 cm³/mol. The van der Waals surface area contributed by atoms with Crippen molar-refractivity contribution < 1.29 is 4.46 Å². The van der Waals surface area contributed by atoms with Gasteiger partial charge in [0.25, 0.3) is 0 Å². The third-order valence-corrected chi connectivity index (χ3v) is 5.52. The molecule has 0 aliphatic rings. The molecule has 0 N–H and O–H groups in total. The maximum atomic E-state index is 12.0. The summed E-state index contributed by atoms with van der Waals surface area (Å²) in [7, 11) is -1.79. The zero-order chi connectivity index (χ0) is 19.0. The Balaban J connectivity index is 0.000000190. The van der Waals surface area contributed by atoms with E-state index in [1.54, 1.807) is 6.20 Å². The fourth-order valence-corrected chi connectivity index (χ4v) is 4.03. The minimum absolute atomic E-state index is 0.310. The molecule has 26 heavy (non-hydrogen) atoms. The molecule has 0 saturated heterocycles. The van der Waals surface area contributed by atoms with Crippen LogP contribution in [0.25, 0.3) is 0 Å². The lowest BCUT2D eigenvalue weighted by molar-refractivity contribution is 0.411. The molecule has 0 fully saturated rings. The number of hydrogen-bond acceptors (Lipinski definition) is 2. The molecule has 0 amide bonds. The van der Waals surface area contributed by atoms with Gasteiger partial charge in [-0.05, 0) is 29.5 Å². The van der Waals surface area contributed by atoms with Crippen molar-refractivity contribution in [1.82, 2.24) is 4.98 Å². The summed E-state index contributed by atoms with van der Waals surface area (Å²) in [6.07, 6.45) is 2.79. The van der Waals surface area contributed by atoms with E-state index in [4.69, 9.17) is 11.6 Å². The van der Waals surface area contributed by atoms with Crippen molar-refractivity contribution in [3.05, 3.63) is 89.7 Å². The number of hydrogen-bond donors (Lipinski definition) is 0. The molecule has 134 valence electrons. The summed E-state index contributed by atoms with van der Waals surface area (Å²) >= 11 is 5.76. The minimum atomic E-state index is -1.79. The highest BCUT2D eigenvalue weighted by atomic mass is 35.5. The highest BCUT2D eigenvalue weighted by Crippen LogP contribution is 2.21. The maximum absolute atomic E-state index is 12.0. The Labute approximate surface area is 162 Å². The second-order valence-electron chi connectivity index (χ2n) is 7.29. The number of nitrogens with zero attached hydrogens (tertiary/aromatic N) is 1. The van der Waals surface area contributed by atoms with Crippen LogP contribution in [0.4, 0.5) is 0 Å². The molecule has 0 aliphatic carbocycles. The number of halogens is 1. The Morgan fingerprint density at radius 3 is 1.81 bits per heavy atom. The van der Waals surface area contributed by atoms with Crippen molar-refractivity contribution in [2.24, 2.45) is 5.41 Å². The van der Waals surface area contributed by atoms with Gasteiger partial charge in [0.2, 0.25) is 0 Å². The van der Waals surface area contributed by atoms with Gasteiger partial charge in [-0.3, -0.25) is 0 Å². The lowest BCUT2D eigenvalue weighted by Crippen LogP contribution is -2.33.